The van der Waals surface area contributed by atoms with Crippen molar-refractivity contribution in [1.29, 1.82) is 0 Å². The second kappa shape index (κ2) is 6.99. The molecule has 4 heterocycles. The fraction of sp³-hybridized carbons (Fsp3) is 0.409. The molecule has 7 heteroatoms. The summed E-state index contributed by atoms with van der Waals surface area (Å²) in [6.07, 6.45) is 6.64. The van der Waals surface area contributed by atoms with Crippen molar-refractivity contribution in [2.45, 2.75) is 33.1 Å². The van der Waals surface area contributed by atoms with Gasteiger partial charge in [-0.2, -0.15) is 5.10 Å². The number of benzene rings is 1. The van der Waals surface area contributed by atoms with E-state index in [1.54, 1.807) is 6.20 Å². The molecule has 1 saturated heterocycles. The lowest BCUT2D eigenvalue weighted by Crippen LogP contribution is -2.43. The number of carbonyl (C=O) groups is 1. The van der Waals surface area contributed by atoms with E-state index < -0.39 is 0 Å². The van der Waals surface area contributed by atoms with Gasteiger partial charge in [-0.3, -0.25) is 9.89 Å². The molecule has 1 N–H and O–H groups in total. The van der Waals surface area contributed by atoms with Crippen molar-refractivity contribution in [3.63, 3.8) is 0 Å². The summed E-state index contributed by atoms with van der Waals surface area (Å²) in [5, 5.41) is 7.47. The number of thiazole rings is 1. The average Bonchev–Trinajstić information content (AvgIpc) is 3.34. The number of likely N-dealkylation sites (tertiary alicyclic amines) is 1. The van der Waals surface area contributed by atoms with Crippen molar-refractivity contribution in [3.05, 3.63) is 40.5 Å². The molecule has 5 rings (SSSR count). The Labute approximate surface area is 173 Å². The van der Waals surface area contributed by atoms with Gasteiger partial charge in [0.2, 0.25) is 0 Å². The Morgan fingerprint density at radius 1 is 1.31 bits per heavy atom. The summed E-state index contributed by atoms with van der Waals surface area (Å²) in [5.41, 5.74) is 4.08. The van der Waals surface area contributed by atoms with Gasteiger partial charge < -0.3 is 9.64 Å². The molecule has 2 aromatic heterocycles. The lowest BCUT2D eigenvalue weighted by atomic mass is 9.84. The fourth-order valence-electron chi connectivity index (χ4n) is 4.23. The smallest absolute Gasteiger partial charge is 0.282 e. The minimum Gasteiger partial charge on any atom is -0.492 e. The van der Waals surface area contributed by atoms with Crippen LogP contribution in [0.2, 0.25) is 0 Å². The van der Waals surface area contributed by atoms with E-state index in [9.17, 15) is 4.79 Å². The molecular formula is C22H24N4O2S. The predicted molar refractivity (Wildman–Crippen MR) is 113 cm³/mol. The third-order valence-electron chi connectivity index (χ3n) is 5.72. The highest BCUT2D eigenvalue weighted by Crippen LogP contribution is 2.40. The number of hydrogen-bond acceptors (Lipinski definition) is 5. The molecule has 6 nitrogen and oxygen atoms in total. The molecule has 150 valence electrons. The van der Waals surface area contributed by atoms with Crippen LogP contribution in [-0.4, -0.2) is 45.7 Å². The summed E-state index contributed by atoms with van der Waals surface area (Å²) in [6.45, 7) is 6.66. The summed E-state index contributed by atoms with van der Waals surface area (Å²) < 4.78 is 6.01. The van der Waals surface area contributed by atoms with Crippen molar-refractivity contribution in [1.82, 2.24) is 20.1 Å². The first-order valence-corrected chi connectivity index (χ1v) is 10.9. The first-order valence-electron chi connectivity index (χ1n) is 10.1. The fourth-order valence-corrected chi connectivity index (χ4v) is 5.26. The summed E-state index contributed by atoms with van der Waals surface area (Å²) >= 11 is 1.52. The topological polar surface area (TPSA) is 71.1 Å². The number of rotatable bonds is 2. The van der Waals surface area contributed by atoms with E-state index in [-0.39, 0.29) is 11.3 Å². The third kappa shape index (κ3) is 3.44. The van der Waals surface area contributed by atoms with Crippen LogP contribution in [0, 0.1) is 5.41 Å². The molecule has 0 unspecified atom stereocenters. The highest BCUT2D eigenvalue weighted by atomic mass is 32.1. The Morgan fingerprint density at radius 2 is 2.21 bits per heavy atom. The van der Waals surface area contributed by atoms with E-state index in [4.69, 9.17) is 9.72 Å². The normalized spacial score (nSPS) is 17.8. The van der Waals surface area contributed by atoms with Gasteiger partial charge in [0.25, 0.3) is 5.91 Å². The molecule has 3 aromatic rings. The predicted octanol–water partition coefficient (Wildman–Crippen LogP) is 4.40. The monoisotopic (exact) mass is 408 g/mol. The first-order chi connectivity index (χ1) is 14.0. The number of H-pyrrole nitrogens is 1. The maximum absolute atomic E-state index is 13.1. The number of fused-ring (bicyclic) bond motifs is 3. The number of amides is 1. The highest BCUT2D eigenvalue weighted by molar-refractivity contribution is 7.14. The number of hydrogen-bond donors (Lipinski definition) is 1. The van der Waals surface area contributed by atoms with Crippen LogP contribution in [-0.2, 0) is 6.42 Å². The SMILES string of the molecule is CC1(C)CCCN(C(=O)c2nc3c(s2)CCOc2cc(-c4cn[nH]c4)ccc2-3)C1. The molecule has 1 amide bonds. The lowest BCUT2D eigenvalue weighted by Gasteiger charge is -2.37. The Hall–Kier alpha value is -2.67. The summed E-state index contributed by atoms with van der Waals surface area (Å²) in [4.78, 5) is 21.0. The average molecular weight is 409 g/mol. The second-order valence-corrected chi connectivity index (χ2v) is 9.67. The Balaban J connectivity index is 1.48. The maximum atomic E-state index is 13.1. The van der Waals surface area contributed by atoms with Gasteiger partial charge in [0, 0.05) is 41.7 Å². The van der Waals surface area contributed by atoms with Crippen LogP contribution in [0.15, 0.2) is 30.6 Å². The van der Waals surface area contributed by atoms with E-state index in [0.717, 1.165) is 65.4 Å². The Kier molecular flexibility index (Phi) is 4.42. The quantitative estimate of drug-likeness (QED) is 0.682. The van der Waals surface area contributed by atoms with Gasteiger partial charge in [0.1, 0.15) is 5.75 Å². The van der Waals surface area contributed by atoms with Gasteiger partial charge in [-0.05, 0) is 36.0 Å². The van der Waals surface area contributed by atoms with E-state index in [2.05, 4.69) is 30.1 Å². The van der Waals surface area contributed by atoms with Gasteiger partial charge >= 0.3 is 0 Å². The van der Waals surface area contributed by atoms with E-state index in [1.165, 1.54) is 11.3 Å². The summed E-state index contributed by atoms with van der Waals surface area (Å²) in [7, 11) is 0. The van der Waals surface area contributed by atoms with E-state index >= 15 is 0 Å². The van der Waals surface area contributed by atoms with E-state index in [1.807, 2.05) is 23.2 Å². The molecule has 0 bridgehead atoms. The number of ether oxygens (including phenoxy) is 1. The molecule has 0 spiro atoms. The maximum Gasteiger partial charge on any atom is 0.282 e. The van der Waals surface area contributed by atoms with Crippen LogP contribution in [0.5, 0.6) is 5.75 Å². The Morgan fingerprint density at radius 3 is 3.00 bits per heavy atom. The third-order valence-corrected chi connectivity index (χ3v) is 6.83. The number of carbonyl (C=O) groups excluding carboxylic acids is 1. The molecule has 29 heavy (non-hydrogen) atoms. The zero-order chi connectivity index (χ0) is 20.0. The standard InChI is InChI=1S/C22H24N4O2S/c1-22(2)7-3-8-26(13-22)21(27)20-25-19-16-5-4-14(15-11-23-24-12-15)10-17(16)28-9-6-18(19)29-20/h4-5,10-12H,3,6-9,13H2,1-2H3,(H,23,24). The first kappa shape index (κ1) is 18.4. The zero-order valence-electron chi connectivity index (χ0n) is 16.7. The molecule has 1 fully saturated rings. The van der Waals surface area contributed by atoms with Crippen LogP contribution < -0.4 is 4.74 Å². The molecule has 2 aliphatic heterocycles. The number of nitrogens with one attached hydrogen (secondary N) is 1. The van der Waals surface area contributed by atoms with Crippen LogP contribution in [0.3, 0.4) is 0 Å². The number of aromatic nitrogens is 3. The molecule has 0 saturated carbocycles. The number of aromatic amines is 1. The van der Waals surface area contributed by atoms with Crippen LogP contribution >= 0.6 is 11.3 Å². The van der Waals surface area contributed by atoms with Crippen molar-refractivity contribution in [2.75, 3.05) is 19.7 Å². The van der Waals surface area contributed by atoms with Crippen molar-refractivity contribution in [2.24, 2.45) is 5.41 Å². The summed E-state index contributed by atoms with van der Waals surface area (Å²) in [5.74, 6) is 0.874. The van der Waals surface area contributed by atoms with Crippen LogP contribution in [0.4, 0.5) is 0 Å². The van der Waals surface area contributed by atoms with E-state index in [0.29, 0.717) is 11.6 Å². The molecule has 1 aromatic carbocycles. The minimum atomic E-state index is 0.0633. The molecule has 2 aliphatic rings. The van der Waals surface area contributed by atoms with Gasteiger partial charge in [-0.15, -0.1) is 11.3 Å². The largest absolute Gasteiger partial charge is 0.492 e. The van der Waals surface area contributed by atoms with Crippen molar-refractivity contribution >= 4 is 17.2 Å². The van der Waals surface area contributed by atoms with Crippen LogP contribution in [0.25, 0.3) is 22.4 Å². The number of nitrogens with zero attached hydrogens (tertiary/aromatic N) is 3. The zero-order valence-corrected chi connectivity index (χ0v) is 17.5. The molecule has 0 atom stereocenters. The van der Waals surface area contributed by atoms with Crippen molar-refractivity contribution in [3.8, 4) is 28.1 Å². The van der Waals surface area contributed by atoms with Crippen LogP contribution in [0.1, 0.15) is 41.4 Å². The molecule has 0 radical (unpaired) electrons. The minimum absolute atomic E-state index is 0.0633. The second-order valence-electron chi connectivity index (χ2n) is 8.58. The van der Waals surface area contributed by atoms with Crippen molar-refractivity contribution < 1.29 is 9.53 Å². The Bertz CT molecular complexity index is 1050. The van der Waals surface area contributed by atoms with Gasteiger partial charge in [-0.1, -0.05) is 19.9 Å². The highest BCUT2D eigenvalue weighted by Gasteiger charge is 2.32. The van der Waals surface area contributed by atoms with Gasteiger partial charge in [0.15, 0.2) is 5.01 Å². The molecular weight excluding hydrogens is 384 g/mol. The van der Waals surface area contributed by atoms with Gasteiger partial charge in [0.05, 0.1) is 18.5 Å². The lowest BCUT2D eigenvalue weighted by molar-refractivity contribution is 0.0583. The summed E-state index contributed by atoms with van der Waals surface area (Å²) in [6, 6.07) is 6.12. The number of piperidine rings is 1. The molecule has 0 aliphatic carbocycles. The van der Waals surface area contributed by atoms with Gasteiger partial charge in [-0.25, -0.2) is 4.98 Å².